The van der Waals surface area contributed by atoms with E-state index in [4.69, 9.17) is 8.11 Å². The summed E-state index contributed by atoms with van der Waals surface area (Å²) in [4.78, 5) is 0. The zero-order valence-electron chi connectivity index (χ0n) is 9.03. The second kappa shape index (κ2) is 8.58. The van der Waals surface area contributed by atoms with Gasteiger partial charge in [0.05, 0.1) is 0 Å². The van der Waals surface area contributed by atoms with Crippen LogP contribution in [0.15, 0.2) is 21.6 Å². The fraction of sp³-hybridized carbons (Fsp3) is 0.455. The van der Waals surface area contributed by atoms with Gasteiger partial charge < -0.3 is 0 Å². The van der Waals surface area contributed by atoms with Gasteiger partial charge in [0.15, 0.2) is 0 Å². The fourth-order valence-electron chi connectivity index (χ4n) is 1.34. The van der Waals surface area contributed by atoms with Crippen LogP contribution in [0.1, 0.15) is 26.2 Å². The summed E-state index contributed by atoms with van der Waals surface area (Å²) in [7, 11) is 0. The summed E-state index contributed by atoms with van der Waals surface area (Å²) < 4.78 is 16.9. The Kier molecular flexibility index (Phi) is 10.2. The van der Waals surface area contributed by atoms with Crippen molar-refractivity contribution in [2.75, 3.05) is 6.54 Å². The van der Waals surface area contributed by atoms with E-state index < -0.39 is 18.9 Å². The first kappa shape index (κ1) is 17.8. The van der Waals surface area contributed by atoms with E-state index in [0.717, 1.165) is 19.4 Å². The summed E-state index contributed by atoms with van der Waals surface area (Å²) in [6, 6.07) is 0. The van der Waals surface area contributed by atoms with Gasteiger partial charge in [-0.2, -0.15) is 0 Å². The molecule has 1 nitrogen and oxygen atoms in total. The van der Waals surface area contributed by atoms with Gasteiger partial charge in [-0.1, -0.05) is 0 Å². The first-order valence-corrected chi connectivity index (χ1v) is 12.6. The number of unbranched alkanes of at least 4 members (excludes halogenated alkanes) is 1. The van der Waals surface area contributed by atoms with E-state index in [0.29, 0.717) is 0 Å². The Balaban J connectivity index is 0. The van der Waals surface area contributed by atoms with E-state index in [1.165, 1.54) is 9.75 Å². The van der Waals surface area contributed by atoms with Crippen molar-refractivity contribution in [3.63, 3.8) is 0 Å². The summed E-state index contributed by atoms with van der Waals surface area (Å²) >= 11 is -3.12. The number of hydrogen-bond acceptors (Lipinski definition) is 1. The van der Waals surface area contributed by atoms with E-state index in [-0.39, 0.29) is 24.8 Å². The third kappa shape index (κ3) is 5.92. The zero-order valence-corrected chi connectivity index (χ0v) is 14.3. The molecule has 0 bridgehead atoms. The van der Waals surface area contributed by atoms with Gasteiger partial charge >= 0.3 is 84.6 Å². The van der Waals surface area contributed by atoms with Gasteiger partial charge in [-0.05, 0) is 0 Å². The second-order valence-corrected chi connectivity index (χ2v) is 13.3. The molecule has 15 heavy (non-hydrogen) atoms. The summed E-state index contributed by atoms with van der Waals surface area (Å²) in [6.07, 6.45) is 9.57. The molecule has 0 saturated carbocycles. The van der Waals surface area contributed by atoms with Crippen molar-refractivity contribution in [3.05, 3.63) is 21.6 Å². The molecule has 0 spiro atoms. The van der Waals surface area contributed by atoms with Crippen LogP contribution in [0.25, 0.3) is 0 Å². The molecule has 0 atom stereocenters. The monoisotopic (exact) mass is 415 g/mol. The molecule has 0 aliphatic heterocycles. The molecule has 0 fully saturated rings. The summed E-state index contributed by atoms with van der Waals surface area (Å²) in [5, 5.41) is 0. The first-order valence-electron chi connectivity index (χ1n) is 4.86. The van der Waals surface area contributed by atoms with E-state index >= 15 is 0 Å². The molecule has 0 unspecified atom stereocenters. The van der Waals surface area contributed by atoms with Crippen LogP contribution in [0.3, 0.4) is 0 Å². The average Bonchev–Trinajstić information content (AvgIpc) is 2.56. The standard InChI is InChI=1S/C5H5.C4H10N.2CH.2ClH.Hf/c1-2-4-5-3-1;1-2-3-4-5;;;;;/h1-3H,4H2;5H,2-4H2,1H3;4*1H;/q;-1;;;;;+1. The SMILES string of the molecule is Cl.Cl.[CH]#[Hf](#[CH])([NH]CCCC)[C]1=CC=CC1. The molecule has 0 saturated heterocycles. The number of hydrogen-bond donors (Lipinski definition) is 1. The van der Waals surface area contributed by atoms with Crippen molar-refractivity contribution >= 4 is 24.8 Å². The van der Waals surface area contributed by atoms with Crippen LogP contribution in [0, 0.1) is 8.11 Å². The van der Waals surface area contributed by atoms with Gasteiger partial charge in [0.1, 0.15) is 0 Å². The molecule has 1 aliphatic rings. The molecule has 4 heteroatoms. The molecule has 1 aliphatic carbocycles. The van der Waals surface area contributed by atoms with Gasteiger partial charge in [-0.3, -0.25) is 0 Å². The number of rotatable bonds is 3. The average molecular weight is 415 g/mol. The Morgan fingerprint density at radius 2 is 2.07 bits per heavy atom. The Morgan fingerprint density at radius 1 is 1.40 bits per heavy atom. The molecule has 1 N–H and O–H groups in total. The van der Waals surface area contributed by atoms with Gasteiger partial charge in [-0.25, -0.2) is 0 Å². The van der Waals surface area contributed by atoms with Crippen molar-refractivity contribution in [1.82, 2.24) is 3.30 Å². The van der Waals surface area contributed by atoms with Crippen molar-refractivity contribution in [3.8, 4) is 8.11 Å². The Bertz CT molecular complexity index is 442. The van der Waals surface area contributed by atoms with Crippen LogP contribution in [0.2, 0.25) is 0 Å². The van der Waals surface area contributed by atoms with E-state index in [1.54, 1.807) is 0 Å². The predicted octanol–water partition coefficient (Wildman–Crippen LogP) is 3.31. The first-order chi connectivity index (χ1) is 6.17. The van der Waals surface area contributed by atoms with Gasteiger partial charge in [0, 0.05) is 0 Å². The summed E-state index contributed by atoms with van der Waals surface area (Å²) in [5.41, 5.74) is 0. The number of halogens is 2. The van der Waals surface area contributed by atoms with Crippen molar-refractivity contribution in [2.45, 2.75) is 26.2 Å². The molecule has 0 radical (unpaired) electrons. The molecule has 0 aromatic carbocycles. The van der Waals surface area contributed by atoms with E-state index in [1.807, 2.05) is 6.08 Å². The third-order valence-electron chi connectivity index (χ3n) is 2.25. The van der Waals surface area contributed by atoms with Crippen molar-refractivity contribution in [1.29, 1.82) is 0 Å². The minimum atomic E-state index is -3.12. The molecule has 0 amide bonds. The Hall–Kier alpha value is 0.450. The molecule has 1 rings (SSSR count). The second-order valence-electron chi connectivity index (χ2n) is 3.47. The molecule has 86 valence electrons. The molecule has 0 aromatic rings. The van der Waals surface area contributed by atoms with Crippen LogP contribution in [-0.2, 0) is 18.9 Å². The quantitative estimate of drug-likeness (QED) is 0.552. The summed E-state index contributed by atoms with van der Waals surface area (Å²) in [5.74, 6) is 0. The van der Waals surface area contributed by atoms with Gasteiger partial charge in [0.2, 0.25) is 0 Å². The van der Waals surface area contributed by atoms with Gasteiger partial charge in [0.25, 0.3) is 0 Å². The third-order valence-corrected chi connectivity index (χ3v) is 10.4. The molecule has 0 aromatic heterocycles. The van der Waals surface area contributed by atoms with Crippen LogP contribution in [-0.4, -0.2) is 6.54 Å². The Labute approximate surface area is 109 Å². The fourth-order valence-corrected chi connectivity index (χ4v) is 7.25. The summed E-state index contributed by atoms with van der Waals surface area (Å²) in [6.45, 7) is 3.14. The predicted molar refractivity (Wildman–Crippen MR) is 69.1 cm³/mol. The van der Waals surface area contributed by atoms with Crippen LogP contribution >= 0.6 is 24.8 Å². The van der Waals surface area contributed by atoms with E-state index in [2.05, 4.69) is 22.4 Å². The minimum absolute atomic E-state index is 0. The molecular formula is C11H19Cl2HfN. The van der Waals surface area contributed by atoms with Crippen molar-refractivity contribution in [2.24, 2.45) is 0 Å². The maximum atomic E-state index is 6.14. The van der Waals surface area contributed by atoms with Crippen molar-refractivity contribution < 1.29 is 18.9 Å². The Morgan fingerprint density at radius 3 is 2.53 bits per heavy atom. The number of allylic oxidation sites excluding steroid dienone is 4. The van der Waals surface area contributed by atoms with Crippen LogP contribution in [0.5, 0.6) is 0 Å². The van der Waals surface area contributed by atoms with Gasteiger partial charge in [-0.15, -0.1) is 24.8 Å². The normalized spacial score (nSPS) is 11.8. The molecule has 0 heterocycles. The van der Waals surface area contributed by atoms with Crippen LogP contribution < -0.4 is 3.30 Å². The topological polar surface area (TPSA) is 12.0 Å². The zero-order chi connectivity index (χ0) is 9.73. The van der Waals surface area contributed by atoms with Crippen LogP contribution in [0.4, 0.5) is 0 Å². The van der Waals surface area contributed by atoms with E-state index in [9.17, 15) is 0 Å². The molecular weight excluding hydrogens is 396 g/mol. The maximum absolute atomic E-state index is 6.14. The number of nitrogens with one attached hydrogen (secondary N) is 1.